The van der Waals surface area contributed by atoms with Crippen molar-refractivity contribution in [3.05, 3.63) is 12.7 Å². The average Bonchev–Trinajstić information content (AvgIpc) is 1.87. The third-order valence-corrected chi connectivity index (χ3v) is 1.13. The van der Waals surface area contributed by atoms with Crippen LogP contribution < -0.4 is 0 Å². The Morgan fingerprint density at radius 1 is 1.70 bits per heavy atom. The molecule has 0 saturated heterocycles. The van der Waals surface area contributed by atoms with Gasteiger partial charge in [0.25, 0.3) is 0 Å². The van der Waals surface area contributed by atoms with Gasteiger partial charge in [-0.15, -0.1) is 0 Å². The Labute approximate surface area is 62.8 Å². The molecule has 0 aliphatic heterocycles. The van der Waals surface area contributed by atoms with E-state index in [2.05, 4.69) is 18.4 Å². The van der Waals surface area contributed by atoms with Crippen LogP contribution in [0, 0.1) is 11.8 Å². The fourth-order valence-electron chi connectivity index (χ4n) is 0.630. The van der Waals surface area contributed by atoms with Crippen LogP contribution in [0.25, 0.3) is 0 Å². The minimum atomic E-state index is -0.189. The lowest BCUT2D eigenvalue weighted by Crippen LogP contribution is -1.97. The highest BCUT2D eigenvalue weighted by Gasteiger charge is 1.91. The van der Waals surface area contributed by atoms with E-state index in [-0.39, 0.29) is 6.10 Å². The first-order valence-electron chi connectivity index (χ1n) is 3.54. The smallest absolute Gasteiger partial charge is 0.0512 e. The van der Waals surface area contributed by atoms with Crippen molar-refractivity contribution < 1.29 is 5.11 Å². The molecular formula is C9H14O. The number of unbranched alkanes of at least 4 members (excludes halogenated alkanes) is 1. The molecule has 1 atom stereocenters. The molecule has 0 aliphatic rings. The number of aliphatic hydroxyl groups is 1. The quantitative estimate of drug-likeness (QED) is 0.465. The zero-order valence-corrected chi connectivity index (χ0v) is 6.43. The van der Waals surface area contributed by atoms with Gasteiger partial charge < -0.3 is 5.11 Å². The van der Waals surface area contributed by atoms with Gasteiger partial charge in [-0.05, 0) is 25.8 Å². The zero-order chi connectivity index (χ0) is 7.82. The maximum absolute atomic E-state index is 8.84. The number of allylic oxidation sites excluding steroid dienone is 1. The highest BCUT2D eigenvalue weighted by Crippen LogP contribution is 1.97. The van der Waals surface area contributed by atoms with Gasteiger partial charge in [0.15, 0.2) is 0 Å². The summed E-state index contributed by atoms with van der Waals surface area (Å²) in [7, 11) is 0. The predicted molar refractivity (Wildman–Crippen MR) is 43.5 cm³/mol. The molecule has 56 valence electrons. The summed E-state index contributed by atoms with van der Waals surface area (Å²) in [4.78, 5) is 0. The van der Waals surface area contributed by atoms with Crippen LogP contribution in [0.4, 0.5) is 0 Å². The van der Waals surface area contributed by atoms with Crippen LogP contribution in [0.15, 0.2) is 12.7 Å². The second-order valence-corrected chi connectivity index (χ2v) is 2.27. The normalized spacial score (nSPS) is 11.4. The van der Waals surface area contributed by atoms with Crippen LogP contribution in [-0.4, -0.2) is 11.2 Å². The first kappa shape index (κ1) is 9.26. The SMILES string of the molecule is C=CC#CCCC[C@H](C)O. The number of hydrogen-bond donors (Lipinski definition) is 1. The van der Waals surface area contributed by atoms with Gasteiger partial charge >= 0.3 is 0 Å². The molecular weight excluding hydrogens is 124 g/mol. The van der Waals surface area contributed by atoms with Gasteiger partial charge in [0, 0.05) is 6.42 Å². The van der Waals surface area contributed by atoms with Crippen LogP contribution >= 0.6 is 0 Å². The maximum atomic E-state index is 8.84. The van der Waals surface area contributed by atoms with E-state index in [1.807, 2.05) is 0 Å². The summed E-state index contributed by atoms with van der Waals surface area (Å²) >= 11 is 0. The largest absolute Gasteiger partial charge is 0.393 e. The second-order valence-electron chi connectivity index (χ2n) is 2.27. The van der Waals surface area contributed by atoms with Crippen molar-refractivity contribution in [1.82, 2.24) is 0 Å². The van der Waals surface area contributed by atoms with Crippen LogP contribution in [0.2, 0.25) is 0 Å². The Hall–Kier alpha value is -0.740. The molecule has 0 unspecified atom stereocenters. The van der Waals surface area contributed by atoms with E-state index in [0.29, 0.717) is 0 Å². The fourth-order valence-corrected chi connectivity index (χ4v) is 0.630. The van der Waals surface area contributed by atoms with Crippen molar-refractivity contribution in [3.8, 4) is 11.8 Å². The third kappa shape index (κ3) is 7.26. The fraction of sp³-hybridized carbons (Fsp3) is 0.556. The molecule has 0 saturated carbocycles. The minimum Gasteiger partial charge on any atom is -0.393 e. The van der Waals surface area contributed by atoms with E-state index in [9.17, 15) is 0 Å². The maximum Gasteiger partial charge on any atom is 0.0512 e. The van der Waals surface area contributed by atoms with E-state index in [1.54, 1.807) is 13.0 Å². The molecule has 0 rings (SSSR count). The van der Waals surface area contributed by atoms with Gasteiger partial charge in [0.1, 0.15) is 0 Å². The van der Waals surface area contributed by atoms with Crippen LogP contribution in [0.3, 0.4) is 0 Å². The van der Waals surface area contributed by atoms with E-state index in [4.69, 9.17) is 5.11 Å². The van der Waals surface area contributed by atoms with Crippen molar-refractivity contribution in [2.24, 2.45) is 0 Å². The molecule has 0 bridgehead atoms. The highest BCUT2D eigenvalue weighted by molar-refractivity contribution is 5.11. The Morgan fingerprint density at radius 3 is 2.90 bits per heavy atom. The number of rotatable bonds is 3. The summed E-state index contributed by atoms with van der Waals surface area (Å²) < 4.78 is 0. The lowest BCUT2D eigenvalue weighted by molar-refractivity contribution is 0.182. The Balaban J connectivity index is 3.12. The first-order chi connectivity index (χ1) is 4.77. The molecule has 10 heavy (non-hydrogen) atoms. The van der Waals surface area contributed by atoms with E-state index in [1.165, 1.54) is 0 Å². The predicted octanol–water partition coefficient (Wildman–Crippen LogP) is 1.73. The van der Waals surface area contributed by atoms with E-state index < -0.39 is 0 Å². The minimum absolute atomic E-state index is 0.189. The van der Waals surface area contributed by atoms with E-state index >= 15 is 0 Å². The molecule has 1 nitrogen and oxygen atoms in total. The molecule has 0 aromatic rings. The van der Waals surface area contributed by atoms with E-state index in [0.717, 1.165) is 19.3 Å². The van der Waals surface area contributed by atoms with Gasteiger partial charge in [-0.2, -0.15) is 0 Å². The summed E-state index contributed by atoms with van der Waals surface area (Å²) in [6.45, 7) is 5.26. The average molecular weight is 138 g/mol. The standard InChI is InChI=1S/C9H14O/c1-3-4-5-6-7-8-9(2)10/h3,9-10H,1,6-8H2,2H3/t9-/m0/s1. The summed E-state index contributed by atoms with van der Waals surface area (Å²) in [6.07, 6.45) is 4.06. The Kier molecular flexibility index (Phi) is 5.91. The van der Waals surface area contributed by atoms with Crippen LogP contribution in [0.1, 0.15) is 26.2 Å². The van der Waals surface area contributed by atoms with Crippen molar-refractivity contribution in [2.45, 2.75) is 32.3 Å². The zero-order valence-electron chi connectivity index (χ0n) is 6.43. The van der Waals surface area contributed by atoms with Crippen LogP contribution in [0.5, 0.6) is 0 Å². The molecule has 0 aliphatic carbocycles. The van der Waals surface area contributed by atoms with Gasteiger partial charge in [-0.3, -0.25) is 0 Å². The molecule has 0 aromatic heterocycles. The molecule has 0 aromatic carbocycles. The van der Waals surface area contributed by atoms with Crippen LogP contribution in [-0.2, 0) is 0 Å². The van der Waals surface area contributed by atoms with Gasteiger partial charge in [0.05, 0.1) is 6.10 Å². The van der Waals surface area contributed by atoms with Gasteiger partial charge in [0.2, 0.25) is 0 Å². The van der Waals surface area contributed by atoms with Gasteiger partial charge in [-0.25, -0.2) is 0 Å². The molecule has 1 N–H and O–H groups in total. The Morgan fingerprint density at radius 2 is 2.40 bits per heavy atom. The molecule has 0 heterocycles. The molecule has 0 fully saturated rings. The second kappa shape index (κ2) is 6.38. The number of aliphatic hydroxyl groups excluding tert-OH is 1. The third-order valence-electron chi connectivity index (χ3n) is 1.13. The molecule has 0 spiro atoms. The summed E-state index contributed by atoms with van der Waals surface area (Å²) in [5.41, 5.74) is 0. The highest BCUT2D eigenvalue weighted by atomic mass is 16.3. The monoisotopic (exact) mass is 138 g/mol. The van der Waals surface area contributed by atoms with Crippen molar-refractivity contribution in [1.29, 1.82) is 0 Å². The topological polar surface area (TPSA) is 20.2 Å². The van der Waals surface area contributed by atoms with Crippen molar-refractivity contribution in [2.75, 3.05) is 0 Å². The molecule has 1 heteroatoms. The summed E-state index contributed by atoms with van der Waals surface area (Å²) in [5, 5.41) is 8.84. The van der Waals surface area contributed by atoms with Crippen molar-refractivity contribution >= 4 is 0 Å². The van der Waals surface area contributed by atoms with Gasteiger partial charge in [-0.1, -0.05) is 18.4 Å². The lowest BCUT2D eigenvalue weighted by Gasteiger charge is -1.98. The lowest BCUT2D eigenvalue weighted by atomic mass is 10.2. The number of hydrogen-bond acceptors (Lipinski definition) is 1. The summed E-state index contributed by atoms with van der Waals surface area (Å²) in [6, 6.07) is 0. The first-order valence-corrected chi connectivity index (χ1v) is 3.54. The Bertz CT molecular complexity index is 137. The van der Waals surface area contributed by atoms with Crippen molar-refractivity contribution in [3.63, 3.8) is 0 Å². The summed E-state index contributed by atoms with van der Waals surface area (Å²) in [5.74, 6) is 5.67. The molecule has 0 radical (unpaired) electrons. The molecule has 0 amide bonds.